The van der Waals surface area contributed by atoms with Gasteiger partial charge < -0.3 is 14.8 Å². The molecule has 0 spiro atoms. The Kier molecular flexibility index (Phi) is 6.81. The molecule has 0 unspecified atom stereocenters. The summed E-state index contributed by atoms with van der Waals surface area (Å²) in [6, 6.07) is 19.2. The summed E-state index contributed by atoms with van der Waals surface area (Å²) in [5.74, 6) is 0.490. The number of carbonyl (C=O) groups is 1. The predicted octanol–water partition coefficient (Wildman–Crippen LogP) is 4.17. The second-order valence-electron chi connectivity index (χ2n) is 6.12. The van der Waals surface area contributed by atoms with E-state index in [9.17, 15) is 13.2 Å². The summed E-state index contributed by atoms with van der Waals surface area (Å²) in [5.41, 5.74) is 0.765. The summed E-state index contributed by atoms with van der Waals surface area (Å²) in [5, 5.41) is 3.15. The van der Waals surface area contributed by atoms with Crippen molar-refractivity contribution in [3.05, 3.63) is 77.8 Å². The molecule has 2 N–H and O–H groups in total. The van der Waals surface area contributed by atoms with Crippen LogP contribution >= 0.6 is 11.6 Å². The molecule has 0 atom stereocenters. The van der Waals surface area contributed by atoms with E-state index in [0.717, 1.165) is 0 Å². The molecule has 30 heavy (non-hydrogen) atoms. The Morgan fingerprint density at radius 3 is 2.43 bits per heavy atom. The lowest BCUT2D eigenvalue weighted by atomic mass is 10.3. The van der Waals surface area contributed by atoms with Crippen LogP contribution in [0.2, 0.25) is 5.02 Å². The van der Waals surface area contributed by atoms with E-state index in [1.165, 1.54) is 31.4 Å². The molecule has 0 saturated heterocycles. The van der Waals surface area contributed by atoms with Crippen LogP contribution in [-0.2, 0) is 14.8 Å². The number of amides is 1. The molecule has 0 radical (unpaired) electrons. The normalized spacial score (nSPS) is 10.9. The van der Waals surface area contributed by atoms with Gasteiger partial charge in [-0.25, -0.2) is 8.42 Å². The molecule has 9 heteroatoms. The van der Waals surface area contributed by atoms with Gasteiger partial charge >= 0.3 is 0 Å². The van der Waals surface area contributed by atoms with Crippen molar-refractivity contribution in [2.24, 2.45) is 0 Å². The third-order valence-electron chi connectivity index (χ3n) is 3.97. The molecule has 0 fully saturated rings. The van der Waals surface area contributed by atoms with Crippen LogP contribution in [-0.4, -0.2) is 28.0 Å². The van der Waals surface area contributed by atoms with Crippen molar-refractivity contribution >= 4 is 38.9 Å². The van der Waals surface area contributed by atoms with Crippen LogP contribution in [0.3, 0.4) is 0 Å². The number of carbonyl (C=O) groups excluding carboxylic acids is 1. The minimum atomic E-state index is -3.82. The number of rotatable bonds is 8. The fourth-order valence-electron chi connectivity index (χ4n) is 2.55. The number of ether oxygens (including phenoxy) is 2. The van der Waals surface area contributed by atoms with Crippen LogP contribution in [0.25, 0.3) is 0 Å². The zero-order chi connectivity index (χ0) is 21.6. The SMILES string of the molecule is COc1ccccc1NS(=O)(=O)c1ccc(NC(=O)COc2cccc(Cl)c2)cc1. The fraction of sp³-hybridized carbons (Fsp3) is 0.0952. The number of methoxy groups -OCH3 is 1. The Hall–Kier alpha value is -3.23. The molecular weight excluding hydrogens is 428 g/mol. The minimum absolute atomic E-state index is 0.0431. The van der Waals surface area contributed by atoms with Crippen LogP contribution in [0.4, 0.5) is 11.4 Å². The Balaban J connectivity index is 1.61. The number of hydrogen-bond acceptors (Lipinski definition) is 5. The Morgan fingerprint density at radius 2 is 1.73 bits per heavy atom. The Bertz CT molecular complexity index is 1130. The second-order valence-corrected chi connectivity index (χ2v) is 8.24. The number of para-hydroxylation sites is 2. The number of anilines is 2. The van der Waals surface area contributed by atoms with Crippen LogP contribution in [0.1, 0.15) is 0 Å². The Labute approximate surface area is 179 Å². The number of nitrogens with one attached hydrogen (secondary N) is 2. The van der Waals surface area contributed by atoms with E-state index in [0.29, 0.717) is 27.9 Å². The van der Waals surface area contributed by atoms with Gasteiger partial charge in [0.1, 0.15) is 11.5 Å². The average Bonchev–Trinajstić information content (AvgIpc) is 2.73. The summed E-state index contributed by atoms with van der Waals surface area (Å²) in [6.45, 7) is -0.213. The van der Waals surface area contributed by atoms with Crippen molar-refractivity contribution in [3.8, 4) is 11.5 Å². The molecule has 3 rings (SSSR count). The van der Waals surface area contributed by atoms with Crippen LogP contribution in [0.5, 0.6) is 11.5 Å². The zero-order valence-electron chi connectivity index (χ0n) is 16.0. The third kappa shape index (κ3) is 5.65. The fourth-order valence-corrected chi connectivity index (χ4v) is 3.80. The highest BCUT2D eigenvalue weighted by molar-refractivity contribution is 7.92. The zero-order valence-corrected chi connectivity index (χ0v) is 17.5. The lowest BCUT2D eigenvalue weighted by molar-refractivity contribution is -0.118. The monoisotopic (exact) mass is 446 g/mol. The number of sulfonamides is 1. The van der Waals surface area contributed by atoms with Crippen molar-refractivity contribution in [3.63, 3.8) is 0 Å². The average molecular weight is 447 g/mol. The summed E-state index contributed by atoms with van der Waals surface area (Å²) in [7, 11) is -2.36. The smallest absolute Gasteiger partial charge is 0.262 e. The van der Waals surface area contributed by atoms with Gasteiger partial charge in [-0.05, 0) is 54.6 Å². The standard InChI is InChI=1S/C21H19ClN2O5S/c1-28-20-8-3-2-7-19(20)24-30(26,27)18-11-9-16(10-12-18)23-21(25)14-29-17-6-4-5-15(22)13-17/h2-13,24H,14H2,1H3,(H,23,25). The molecule has 3 aromatic carbocycles. The van der Waals surface area contributed by atoms with Gasteiger partial charge in [0.15, 0.2) is 6.61 Å². The topological polar surface area (TPSA) is 93.7 Å². The van der Waals surface area contributed by atoms with Gasteiger partial charge in [-0.1, -0.05) is 29.8 Å². The molecule has 0 aliphatic heterocycles. The quantitative estimate of drug-likeness (QED) is 0.541. The highest BCUT2D eigenvalue weighted by Gasteiger charge is 2.16. The van der Waals surface area contributed by atoms with E-state index in [2.05, 4.69) is 10.0 Å². The molecule has 0 aliphatic rings. The summed E-state index contributed by atoms with van der Waals surface area (Å²) >= 11 is 5.87. The molecular formula is C21H19ClN2O5S. The number of benzene rings is 3. The van der Waals surface area contributed by atoms with Gasteiger partial charge in [0.25, 0.3) is 15.9 Å². The largest absolute Gasteiger partial charge is 0.495 e. The predicted molar refractivity (Wildman–Crippen MR) is 116 cm³/mol. The van der Waals surface area contributed by atoms with E-state index < -0.39 is 15.9 Å². The molecule has 156 valence electrons. The molecule has 1 amide bonds. The maximum absolute atomic E-state index is 12.6. The van der Waals surface area contributed by atoms with E-state index >= 15 is 0 Å². The first kappa shape index (κ1) is 21.5. The Morgan fingerprint density at radius 1 is 1.00 bits per heavy atom. The maximum atomic E-state index is 12.6. The third-order valence-corrected chi connectivity index (χ3v) is 5.58. The van der Waals surface area contributed by atoms with Gasteiger partial charge in [0.2, 0.25) is 0 Å². The molecule has 0 heterocycles. The highest BCUT2D eigenvalue weighted by Crippen LogP contribution is 2.26. The lowest BCUT2D eigenvalue weighted by Gasteiger charge is -2.12. The second kappa shape index (κ2) is 9.51. The molecule has 0 saturated carbocycles. The van der Waals surface area contributed by atoms with Gasteiger partial charge in [0.05, 0.1) is 17.7 Å². The van der Waals surface area contributed by atoms with Crippen molar-refractivity contribution < 1.29 is 22.7 Å². The van der Waals surface area contributed by atoms with Crippen LogP contribution in [0.15, 0.2) is 77.7 Å². The summed E-state index contributed by atoms with van der Waals surface area (Å²) in [4.78, 5) is 12.1. The van der Waals surface area contributed by atoms with Crippen molar-refractivity contribution in [1.82, 2.24) is 0 Å². The van der Waals surface area contributed by atoms with Crippen molar-refractivity contribution in [2.45, 2.75) is 4.90 Å². The van der Waals surface area contributed by atoms with Crippen LogP contribution in [0, 0.1) is 0 Å². The van der Waals surface area contributed by atoms with Gasteiger partial charge in [-0.2, -0.15) is 0 Å². The first-order valence-corrected chi connectivity index (χ1v) is 10.7. The van der Waals surface area contributed by atoms with Crippen molar-refractivity contribution in [2.75, 3.05) is 23.8 Å². The number of halogens is 1. The maximum Gasteiger partial charge on any atom is 0.262 e. The van der Waals surface area contributed by atoms with E-state index in [1.54, 1.807) is 48.5 Å². The molecule has 3 aromatic rings. The summed E-state index contributed by atoms with van der Waals surface area (Å²) in [6.07, 6.45) is 0. The molecule has 0 bridgehead atoms. The van der Waals surface area contributed by atoms with Crippen LogP contribution < -0.4 is 19.5 Å². The minimum Gasteiger partial charge on any atom is -0.495 e. The van der Waals surface area contributed by atoms with E-state index in [1.807, 2.05) is 0 Å². The van der Waals surface area contributed by atoms with Gasteiger partial charge in [0, 0.05) is 10.7 Å². The summed E-state index contributed by atoms with van der Waals surface area (Å²) < 4.78 is 38.2. The first-order valence-electron chi connectivity index (χ1n) is 8.81. The first-order chi connectivity index (χ1) is 14.4. The van der Waals surface area contributed by atoms with Gasteiger partial charge in [-0.15, -0.1) is 0 Å². The number of hydrogen-bond donors (Lipinski definition) is 2. The molecule has 0 aliphatic carbocycles. The molecule has 7 nitrogen and oxygen atoms in total. The van der Waals surface area contributed by atoms with E-state index in [4.69, 9.17) is 21.1 Å². The highest BCUT2D eigenvalue weighted by atomic mass is 35.5. The van der Waals surface area contributed by atoms with Gasteiger partial charge in [-0.3, -0.25) is 9.52 Å². The van der Waals surface area contributed by atoms with Crippen molar-refractivity contribution in [1.29, 1.82) is 0 Å². The lowest BCUT2D eigenvalue weighted by Crippen LogP contribution is -2.20. The molecule has 0 aromatic heterocycles. The van der Waals surface area contributed by atoms with E-state index in [-0.39, 0.29) is 11.5 Å².